The van der Waals surface area contributed by atoms with Gasteiger partial charge in [-0.15, -0.1) is 0 Å². The molecule has 0 radical (unpaired) electrons. The van der Waals surface area contributed by atoms with Gasteiger partial charge in [-0.25, -0.2) is 9.97 Å². The monoisotopic (exact) mass is 284 g/mol. The Kier molecular flexibility index (Phi) is 5.14. The number of rotatable bonds is 6. The number of hydrogen-bond acceptors (Lipinski definition) is 4. The quantitative estimate of drug-likeness (QED) is 0.854. The minimum Gasteiger partial charge on any atom is -0.373 e. The minimum absolute atomic E-state index is 0.835. The number of benzene rings is 1. The molecule has 0 aliphatic heterocycles. The smallest absolute Gasteiger partial charge is 0.134 e. The molecule has 0 bridgehead atoms. The van der Waals surface area contributed by atoms with Crippen molar-refractivity contribution in [1.29, 1.82) is 0 Å². The van der Waals surface area contributed by atoms with Gasteiger partial charge < -0.3 is 10.6 Å². The standard InChI is InChI=1S/C17H24N4/c1-5-15-20-16(18-4)13(3)17(21-15)19-11-10-14-9-7-6-8-12(14)2/h6-9H,5,10-11H2,1-4H3,(H2,18,19,20,21). The van der Waals surface area contributed by atoms with Crippen molar-refractivity contribution in [3.05, 3.63) is 46.8 Å². The number of nitrogens with one attached hydrogen (secondary N) is 2. The maximum Gasteiger partial charge on any atom is 0.134 e. The number of hydrogen-bond donors (Lipinski definition) is 2. The normalized spacial score (nSPS) is 10.5. The average Bonchev–Trinajstić information content (AvgIpc) is 2.50. The Labute approximate surface area is 127 Å². The van der Waals surface area contributed by atoms with Crippen molar-refractivity contribution < 1.29 is 0 Å². The summed E-state index contributed by atoms with van der Waals surface area (Å²) in [6.07, 6.45) is 1.83. The van der Waals surface area contributed by atoms with Crippen LogP contribution in [0.25, 0.3) is 0 Å². The molecule has 0 aliphatic carbocycles. The zero-order valence-corrected chi connectivity index (χ0v) is 13.3. The van der Waals surface area contributed by atoms with E-state index in [0.29, 0.717) is 0 Å². The molecule has 2 rings (SSSR count). The van der Waals surface area contributed by atoms with Crippen LogP contribution in [0.2, 0.25) is 0 Å². The molecule has 4 heteroatoms. The first-order valence-corrected chi connectivity index (χ1v) is 7.49. The molecule has 2 N–H and O–H groups in total. The van der Waals surface area contributed by atoms with E-state index in [4.69, 9.17) is 0 Å². The summed E-state index contributed by atoms with van der Waals surface area (Å²) in [5.74, 6) is 2.70. The summed E-state index contributed by atoms with van der Waals surface area (Å²) in [7, 11) is 1.89. The predicted molar refractivity (Wildman–Crippen MR) is 89.1 cm³/mol. The first-order chi connectivity index (χ1) is 10.2. The van der Waals surface area contributed by atoms with Gasteiger partial charge in [-0.1, -0.05) is 31.2 Å². The highest BCUT2D eigenvalue weighted by Gasteiger charge is 2.08. The van der Waals surface area contributed by atoms with Gasteiger partial charge in [0.2, 0.25) is 0 Å². The van der Waals surface area contributed by atoms with Gasteiger partial charge in [0.25, 0.3) is 0 Å². The summed E-state index contributed by atoms with van der Waals surface area (Å²) < 4.78 is 0. The van der Waals surface area contributed by atoms with Crippen molar-refractivity contribution >= 4 is 11.6 Å². The van der Waals surface area contributed by atoms with Crippen molar-refractivity contribution in [3.63, 3.8) is 0 Å². The second kappa shape index (κ2) is 7.07. The van der Waals surface area contributed by atoms with Crippen LogP contribution in [0.5, 0.6) is 0 Å². The van der Waals surface area contributed by atoms with Crippen molar-refractivity contribution in [1.82, 2.24) is 9.97 Å². The van der Waals surface area contributed by atoms with E-state index in [1.54, 1.807) is 0 Å². The molecule has 0 saturated heterocycles. The van der Waals surface area contributed by atoms with E-state index in [1.807, 2.05) is 14.0 Å². The molecule has 0 unspecified atom stereocenters. The van der Waals surface area contributed by atoms with Crippen LogP contribution < -0.4 is 10.6 Å². The van der Waals surface area contributed by atoms with E-state index in [0.717, 1.165) is 42.4 Å². The van der Waals surface area contributed by atoms with Gasteiger partial charge in [-0.3, -0.25) is 0 Å². The third-order valence-corrected chi connectivity index (χ3v) is 3.69. The summed E-state index contributed by atoms with van der Waals surface area (Å²) in [6.45, 7) is 7.14. The molecule has 0 atom stereocenters. The molecular formula is C17H24N4. The molecular weight excluding hydrogens is 260 g/mol. The van der Waals surface area contributed by atoms with Crippen molar-refractivity contribution in [2.45, 2.75) is 33.6 Å². The lowest BCUT2D eigenvalue weighted by Crippen LogP contribution is -2.12. The highest BCUT2D eigenvalue weighted by molar-refractivity contribution is 5.57. The topological polar surface area (TPSA) is 49.8 Å². The number of aryl methyl sites for hydroxylation is 2. The van der Waals surface area contributed by atoms with Crippen LogP contribution >= 0.6 is 0 Å². The molecule has 4 nitrogen and oxygen atoms in total. The highest BCUT2D eigenvalue weighted by atomic mass is 15.1. The van der Waals surface area contributed by atoms with Crippen LogP contribution in [-0.2, 0) is 12.8 Å². The fourth-order valence-electron chi connectivity index (χ4n) is 2.34. The van der Waals surface area contributed by atoms with E-state index < -0.39 is 0 Å². The summed E-state index contributed by atoms with van der Waals surface area (Å²) in [6, 6.07) is 8.50. The van der Waals surface area contributed by atoms with Crippen LogP contribution in [0, 0.1) is 13.8 Å². The summed E-state index contributed by atoms with van der Waals surface area (Å²) in [5, 5.41) is 6.58. The van der Waals surface area contributed by atoms with Crippen molar-refractivity contribution in [3.8, 4) is 0 Å². The van der Waals surface area contributed by atoms with Crippen molar-refractivity contribution in [2.24, 2.45) is 0 Å². The van der Waals surface area contributed by atoms with Crippen LogP contribution in [0.1, 0.15) is 29.4 Å². The molecule has 112 valence electrons. The number of anilines is 2. The summed E-state index contributed by atoms with van der Waals surface area (Å²) in [5.41, 5.74) is 3.78. The third kappa shape index (κ3) is 3.72. The fraction of sp³-hybridized carbons (Fsp3) is 0.412. The molecule has 0 saturated carbocycles. The highest BCUT2D eigenvalue weighted by Crippen LogP contribution is 2.20. The van der Waals surface area contributed by atoms with E-state index in [2.05, 4.69) is 58.7 Å². The first kappa shape index (κ1) is 15.3. The zero-order chi connectivity index (χ0) is 15.2. The Morgan fingerprint density at radius 3 is 2.43 bits per heavy atom. The summed E-state index contributed by atoms with van der Waals surface area (Å²) in [4.78, 5) is 9.08. The van der Waals surface area contributed by atoms with Gasteiger partial charge in [0.15, 0.2) is 0 Å². The number of aromatic nitrogens is 2. The maximum atomic E-state index is 4.59. The second-order valence-electron chi connectivity index (χ2n) is 5.17. The van der Waals surface area contributed by atoms with Gasteiger partial charge in [0.05, 0.1) is 0 Å². The lowest BCUT2D eigenvalue weighted by molar-refractivity contribution is 0.915. The fourth-order valence-corrected chi connectivity index (χ4v) is 2.34. The molecule has 0 spiro atoms. The third-order valence-electron chi connectivity index (χ3n) is 3.69. The van der Waals surface area contributed by atoms with Crippen molar-refractivity contribution in [2.75, 3.05) is 24.2 Å². The van der Waals surface area contributed by atoms with Gasteiger partial charge in [0, 0.05) is 25.6 Å². The largest absolute Gasteiger partial charge is 0.373 e. The average molecular weight is 284 g/mol. The molecule has 1 aromatic carbocycles. The van der Waals surface area contributed by atoms with E-state index in [-0.39, 0.29) is 0 Å². The van der Waals surface area contributed by atoms with E-state index >= 15 is 0 Å². The summed E-state index contributed by atoms with van der Waals surface area (Å²) >= 11 is 0. The molecule has 2 aromatic rings. The molecule has 21 heavy (non-hydrogen) atoms. The molecule has 1 heterocycles. The maximum absolute atomic E-state index is 4.59. The van der Waals surface area contributed by atoms with Gasteiger partial charge in [-0.05, 0) is 31.4 Å². The Hall–Kier alpha value is -2.10. The van der Waals surface area contributed by atoms with E-state index in [9.17, 15) is 0 Å². The van der Waals surface area contributed by atoms with Crippen LogP contribution in [0.15, 0.2) is 24.3 Å². The Morgan fingerprint density at radius 2 is 1.76 bits per heavy atom. The Balaban J connectivity index is 2.08. The molecule has 0 amide bonds. The first-order valence-electron chi connectivity index (χ1n) is 7.49. The number of nitrogens with zero attached hydrogens (tertiary/aromatic N) is 2. The molecule has 0 aliphatic rings. The second-order valence-corrected chi connectivity index (χ2v) is 5.17. The van der Waals surface area contributed by atoms with Crippen LogP contribution in [0.4, 0.5) is 11.6 Å². The lowest BCUT2D eigenvalue weighted by Gasteiger charge is -2.13. The van der Waals surface area contributed by atoms with Crippen LogP contribution in [-0.4, -0.2) is 23.6 Å². The molecule has 1 aromatic heterocycles. The van der Waals surface area contributed by atoms with E-state index in [1.165, 1.54) is 11.1 Å². The molecule has 0 fully saturated rings. The lowest BCUT2D eigenvalue weighted by atomic mass is 10.1. The van der Waals surface area contributed by atoms with Crippen LogP contribution in [0.3, 0.4) is 0 Å². The predicted octanol–water partition coefficient (Wildman–Crippen LogP) is 3.35. The minimum atomic E-state index is 0.835. The zero-order valence-electron chi connectivity index (χ0n) is 13.3. The SMILES string of the molecule is CCc1nc(NC)c(C)c(NCCc2ccccc2C)n1. The van der Waals surface area contributed by atoms with Gasteiger partial charge in [-0.2, -0.15) is 0 Å². The Bertz CT molecular complexity index is 608. The van der Waals surface area contributed by atoms with Gasteiger partial charge in [0.1, 0.15) is 17.5 Å². The Morgan fingerprint density at radius 1 is 1.05 bits per heavy atom. The van der Waals surface area contributed by atoms with Gasteiger partial charge >= 0.3 is 0 Å².